The van der Waals surface area contributed by atoms with Crippen LogP contribution in [0.15, 0.2) is 66.0 Å². The maximum atomic E-state index is 13.5. The summed E-state index contributed by atoms with van der Waals surface area (Å²) >= 11 is 1.72. The highest BCUT2D eigenvalue weighted by Gasteiger charge is 2.50. The largest absolute Gasteiger partial charge is 0.348 e. The first-order valence-electron chi connectivity index (χ1n) is 11.6. The first kappa shape index (κ1) is 23.1. The number of aryl methyl sites for hydroxylation is 2. The lowest BCUT2D eigenvalue weighted by Crippen LogP contribution is -2.41. The van der Waals surface area contributed by atoms with Gasteiger partial charge in [0.25, 0.3) is 5.91 Å². The molecule has 6 nitrogen and oxygen atoms in total. The third kappa shape index (κ3) is 3.96. The summed E-state index contributed by atoms with van der Waals surface area (Å²) in [6.07, 6.45) is 0.887. The minimum atomic E-state index is -1.24. The lowest BCUT2D eigenvalue weighted by Gasteiger charge is -2.24. The number of amides is 3. The second kappa shape index (κ2) is 8.82. The van der Waals surface area contributed by atoms with Crippen molar-refractivity contribution in [1.29, 1.82) is 0 Å². The Morgan fingerprint density at radius 3 is 2.57 bits per heavy atom. The maximum Gasteiger partial charge on any atom is 0.325 e. The van der Waals surface area contributed by atoms with E-state index in [-0.39, 0.29) is 12.3 Å². The van der Waals surface area contributed by atoms with Crippen molar-refractivity contribution in [3.05, 3.63) is 93.4 Å². The Morgan fingerprint density at radius 2 is 1.80 bits per heavy atom. The highest BCUT2D eigenvalue weighted by atomic mass is 32.1. The number of hydrogen-bond acceptors (Lipinski definition) is 4. The third-order valence-corrected chi connectivity index (χ3v) is 7.88. The Kier molecular flexibility index (Phi) is 5.81. The number of hydrogen-bond donors (Lipinski definition) is 1. The molecule has 35 heavy (non-hydrogen) atoms. The number of Topliss-reactive ketones (excluding diaryl/α,β-unsaturated/α-hetero) is 1. The Labute approximate surface area is 208 Å². The molecule has 1 N–H and O–H groups in total. The lowest BCUT2D eigenvalue weighted by atomic mass is 9.88. The predicted octanol–water partition coefficient (Wildman–Crippen LogP) is 5.21. The van der Waals surface area contributed by atoms with Crippen molar-refractivity contribution < 1.29 is 14.4 Å². The number of carbonyl (C=O) groups is 3. The summed E-state index contributed by atoms with van der Waals surface area (Å²) in [6, 6.07) is 18.9. The summed E-state index contributed by atoms with van der Waals surface area (Å²) in [5.41, 5.74) is 1.87. The van der Waals surface area contributed by atoms with Crippen LogP contribution in [0.3, 0.4) is 0 Å². The van der Waals surface area contributed by atoms with E-state index in [0.29, 0.717) is 5.56 Å². The zero-order valence-electron chi connectivity index (χ0n) is 20.0. The molecule has 0 spiro atoms. The smallest absolute Gasteiger partial charge is 0.325 e. The predicted molar refractivity (Wildman–Crippen MR) is 138 cm³/mol. The number of benzene rings is 2. The fraction of sp³-hybridized carbons (Fsp3) is 0.250. The molecule has 1 atom stereocenters. The summed E-state index contributed by atoms with van der Waals surface area (Å²) in [4.78, 5) is 42.0. The first-order chi connectivity index (χ1) is 16.8. The van der Waals surface area contributed by atoms with Gasteiger partial charge in [-0.05, 0) is 61.0 Å². The quantitative estimate of drug-likeness (QED) is 0.288. The molecule has 3 heterocycles. The van der Waals surface area contributed by atoms with Crippen LogP contribution < -0.4 is 5.32 Å². The fourth-order valence-electron chi connectivity index (χ4n) is 5.02. The molecule has 0 saturated carbocycles. The minimum Gasteiger partial charge on any atom is -0.348 e. The van der Waals surface area contributed by atoms with E-state index in [9.17, 15) is 14.4 Å². The number of nitrogens with one attached hydrogen (secondary N) is 1. The molecule has 178 valence electrons. The van der Waals surface area contributed by atoms with Gasteiger partial charge in [-0.1, -0.05) is 48.5 Å². The number of imide groups is 1. The summed E-state index contributed by atoms with van der Waals surface area (Å²) in [6.45, 7) is 6.08. The number of thiophene rings is 1. The van der Waals surface area contributed by atoms with Gasteiger partial charge in [0.15, 0.2) is 5.78 Å². The van der Waals surface area contributed by atoms with Crippen molar-refractivity contribution in [3.8, 4) is 0 Å². The molecule has 0 radical (unpaired) electrons. The molecule has 1 aliphatic heterocycles. The Morgan fingerprint density at radius 1 is 1.03 bits per heavy atom. The van der Waals surface area contributed by atoms with Gasteiger partial charge >= 0.3 is 6.03 Å². The van der Waals surface area contributed by atoms with Crippen LogP contribution in [-0.4, -0.2) is 33.7 Å². The van der Waals surface area contributed by atoms with Crippen LogP contribution in [-0.2, 0) is 23.3 Å². The number of aromatic nitrogens is 1. The Hall–Kier alpha value is -3.71. The number of nitrogens with zero attached hydrogens (tertiary/aromatic N) is 2. The van der Waals surface area contributed by atoms with Gasteiger partial charge in [0.05, 0.1) is 6.54 Å². The average molecular weight is 486 g/mol. The summed E-state index contributed by atoms with van der Waals surface area (Å²) < 4.78 is 2.12. The van der Waals surface area contributed by atoms with E-state index in [0.717, 1.165) is 45.6 Å². The Bertz CT molecular complexity index is 1450. The zero-order chi connectivity index (χ0) is 24.7. The van der Waals surface area contributed by atoms with Gasteiger partial charge in [0.1, 0.15) is 5.54 Å². The molecule has 2 aromatic heterocycles. The van der Waals surface area contributed by atoms with Gasteiger partial charge in [0.2, 0.25) is 0 Å². The van der Waals surface area contributed by atoms with Gasteiger partial charge < -0.3 is 9.88 Å². The van der Waals surface area contributed by atoms with E-state index < -0.39 is 17.5 Å². The molecule has 7 heteroatoms. The van der Waals surface area contributed by atoms with Gasteiger partial charge in [-0.25, -0.2) is 4.79 Å². The van der Waals surface area contributed by atoms with Crippen LogP contribution >= 0.6 is 11.3 Å². The van der Waals surface area contributed by atoms with Gasteiger partial charge in [0, 0.05) is 28.4 Å². The van der Waals surface area contributed by atoms with Gasteiger partial charge in [-0.2, -0.15) is 0 Å². The lowest BCUT2D eigenvalue weighted by molar-refractivity contribution is -0.130. The zero-order valence-corrected chi connectivity index (χ0v) is 20.8. The molecule has 3 amide bonds. The van der Waals surface area contributed by atoms with Crippen LogP contribution in [0.25, 0.3) is 10.8 Å². The van der Waals surface area contributed by atoms with Crippen molar-refractivity contribution in [2.75, 3.05) is 6.54 Å². The van der Waals surface area contributed by atoms with E-state index in [4.69, 9.17) is 0 Å². The number of ketones is 1. The first-order valence-corrected chi connectivity index (χ1v) is 12.5. The highest BCUT2D eigenvalue weighted by molar-refractivity contribution is 7.09. The number of rotatable bonds is 7. The topological polar surface area (TPSA) is 71.4 Å². The summed E-state index contributed by atoms with van der Waals surface area (Å²) in [7, 11) is 0. The molecule has 0 bridgehead atoms. The molecular weight excluding hydrogens is 458 g/mol. The van der Waals surface area contributed by atoms with Crippen molar-refractivity contribution in [3.63, 3.8) is 0 Å². The van der Waals surface area contributed by atoms with Crippen LogP contribution in [0.2, 0.25) is 0 Å². The standard InChI is InChI=1S/C28H27N3O3S/c1-18-16-23(19(2)30(18)14-13-21-10-7-15-35-21)25(32)17-31-26(33)28(3,29-27(31)34)24-12-6-9-20-8-4-5-11-22(20)24/h4-12,15-16H,13-14,17H2,1-3H3,(H,29,34). The van der Waals surface area contributed by atoms with Crippen molar-refractivity contribution in [2.24, 2.45) is 0 Å². The number of urea groups is 1. The SMILES string of the molecule is Cc1cc(C(=O)CN2C(=O)NC(C)(c3cccc4ccccc34)C2=O)c(C)n1CCc1cccs1. The molecular formula is C28H27N3O3S. The second-order valence-electron chi connectivity index (χ2n) is 9.16. The number of fused-ring (bicyclic) bond motifs is 1. The van der Waals surface area contributed by atoms with Crippen LogP contribution in [0.4, 0.5) is 4.79 Å². The van der Waals surface area contributed by atoms with E-state index in [1.165, 1.54) is 4.88 Å². The molecule has 1 unspecified atom stereocenters. The summed E-state index contributed by atoms with van der Waals surface area (Å²) in [5.74, 6) is -0.662. The second-order valence-corrected chi connectivity index (χ2v) is 10.2. The van der Waals surface area contributed by atoms with E-state index in [2.05, 4.69) is 21.3 Å². The van der Waals surface area contributed by atoms with Crippen LogP contribution in [0.1, 0.15) is 39.1 Å². The molecule has 2 aromatic carbocycles. The van der Waals surface area contributed by atoms with Crippen molar-refractivity contribution in [2.45, 2.75) is 39.3 Å². The minimum absolute atomic E-state index is 0.244. The van der Waals surface area contributed by atoms with E-state index in [1.54, 1.807) is 18.3 Å². The molecule has 1 saturated heterocycles. The van der Waals surface area contributed by atoms with Crippen LogP contribution in [0, 0.1) is 13.8 Å². The molecule has 1 fully saturated rings. The average Bonchev–Trinajstić information content (AvgIpc) is 3.52. The fourth-order valence-corrected chi connectivity index (χ4v) is 5.72. The highest BCUT2D eigenvalue weighted by Crippen LogP contribution is 2.34. The van der Waals surface area contributed by atoms with Gasteiger partial charge in [-0.15, -0.1) is 11.3 Å². The molecule has 0 aliphatic carbocycles. The molecule has 5 rings (SSSR count). The molecule has 1 aliphatic rings. The van der Waals surface area contributed by atoms with Gasteiger partial charge in [-0.3, -0.25) is 14.5 Å². The van der Waals surface area contributed by atoms with E-state index >= 15 is 0 Å². The number of carbonyl (C=O) groups excluding carboxylic acids is 3. The Balaban J connectivity index is 1.38. The van der Waals surface area contributed by atoms with Crippen LogP contribution in [0.5, 0.6) is 0 Å². The normalized spacial score (nSPS) is 17.9. The van der Waals surface area contributed by atoms with E-state index in [1.807, 2.05) is 68.4 Å². The van der Waals surface area contributed by atoms with Crippen molar-refractivity contribution in [1.82, 2.24) is 14.8 Å². The summed E-state index contributed by atoms with van der Waals surface area (Å²) in [5, 5.41) is 6.78. The van der Waals surface area contributed by atoms with Crippen molar-refractivity contribution >= 4 is 39.8 Å². The third-order valence-electron chi connectivity index (χ3n) is 6.94. The molecule has 4 aromatic rings. The maximum absolute atomic E-state index is 13.5. The monoisotopic (exact) mass is 485 g/mol.